The summed E-state index contributed by atoms with van der Waals surface area (Å²) in [4.78, 5) is 23.9. The number of halogens is 2. The highest BCUT2D eigenvalue weighted by Gasteiger charge is 2.29. The summed E-state index contributed by atoms with van der Waals surface area (Å²) in [5.41, 5.74) is 4.72. The molecule has 4 rings (SSSR count). The van der Waals surface area contributed by atoms with Gasteiger partial charge in [-0.1, -0.05) is 54.6 Å². The molecule has 0 fully saturated rings. The van der Waals surface area contributed by atoms with Crippen LogP contribution < -0.4 is 5.32 Å². The van der Waals surface area contributed by atoms with Crippen molar-refractivity contribution in [2.75, 3.05) is 6.61 Å². The van der Waals surface area contributed by atoms with Crippen molar-refractivity contribution in [2.45, 2.75) is 24.8 Å². The third-order valence-electron chi connectivity index (χ3n) is 5.64. The zero-order valence-electron chi connectivity index (χ0n) is 17.1. The summed E-state index contributed by atoms with van der Waals surface area (Å²) in [6.07, 6.45) is -0.688. The quantitative estimate of drug-likeness (QED) is 0.552. The van der Waals surface area contributed by atoms with Crippen LogP contribution in [0, 0.1) is 11.6 Å². The molecule has 164 valence electrons. The number of rotatable bonds is 7. The van der Waals surface area contributed by atoms with E-state index in [-0.39, 0.29) is 25.4 Å². The van der Waals surface area contributed by atoms with Crippen molar-refractivity contribution in [1.29, 1.82) is 0 Å². The van der Waals surface area contributed by atoms with Crippen LogP contribution in [0.15, 0.2) is 66.7 Å². The topological polar surface area (TPSA) is 75.6 Å². The number of aryl methyl sites for hydroxylation is 1. The van der Waals surface area contributed by atoms with Crippen LogP contribution in [-0.2, 0) is 16.0 Å². The Morgan fingerprint density at radius 2 is 1.56 bits per heavy atom. The molecule has 0 spiro atoms. The molecule has 5 nitrogen and oxygen atoms in total. The Hall–Kier alpha value is -3.74. The van der Waals surface area contributed by atoms with Crippen LogP contribution in [-0.4, -0.2) is 29.8 Å². The van der Waals surface area contributed by atoms with E-state index in [9.17, 15) is 23.5 Å². The minimum atomic E-state index is -1.24. The van der Waals surface area contributed by atoms with Crippen molar-refractivity contribution in [3.05, 3.63) is 95.1 Å². The monoisotopic (exact) mass is 437 g/mol. The van der Waals surface area contributed by atoms with Gasteiger partial charge in [-0.05, 0) is 52.8 Å². The average molecular weight is 437 g/mol. The van der Waals surface area contributed by atoms with E-state index in [1.54, 1.807) is 0 Å². The zero-order valence-corrected chi connectivity index (χ0v) is 17.1. The van der Waals surface area contributed by atoms with Crippen LogP contribution in [0.5, 0.6) is 0 Å². The SMILES string of the molecule is O=C(NC(CCc1ccc(F)c(F)c1)C(=O)O)OCC1c2ccccc2-c2ccccc21. The first-order valence-electron chi connectivity index (χ1n) is 10.2. The Morgan fingerprint density at radius 3 is 2.16 bits per heavy atom. The van der Waals surface area contributed by atoms with Crippen LogP contribution in [0.3, 0.4) is 0 Å². The molecule has 0 saturated heterocycles. The summed E-state index contributed by atoms with van der Waals surface area (Å²) in [6, 6.07) is 17.9. The van der Waals surface area contributed by atoms with Crippen molar-refractivity contribution in [3.63, 3.8) is 0 Å². The first-order chi connectivity index (χ1) is 15.4. The van der Waals surface area contributed by atoms with Crippen LogP contribution in [0.4, 0.5) is 13.6 Å². The Bertz CT molecular complexity index is 1120. The predicted octanol–water partition coefficient (Wildman–Crippen LogP) is 4.89. The number of ether oxygens (including phenoxy) is 1. The maximum absolute atomic E-state index is 13.4. The van der Waals surface area contributed by atoms with Crippen molar-refractivity contribution >= 4 is 12.1 Å². The predicted molar refractivity (Wildman–Crippen MR) is 114 cm³/mol. The summed E-state index contributed by atoms with van der Waals surface area (Å²) in [6.45, 7) is 0.0649. The van der Waals surface area contributed by atoms with Gasteiger partial charge in [-0.3, -0.25) is 0 Å². The van der Waals surface area contributed by atoms with Crippen LogP contribution in [0.1, 0.15) is 29.0 Å². The fourth-order valence-corrected chi connectivity index (χ4v) is 4.05. The Morgan fingerprint density at radius 1 is 0.938 bits per heavy atom. The van der Waals surface area contributed by atoms with Gasteiger partial charge in [0.15, 0.2) is 11.6 Å². The maximum atomic E-state index is 13.4. The number of amides is 1. The molecule has 0 radical (unpaired) electrons. The molecular weight excluding hydrogens is 416 g/mol. The van der Waals surface area contributed by atoms with E-state index in [0.717, 1.165) is 34.4 Å². The second-order valence-electron chi connectivity index (χ2n) is 7.65. The van der Waals surface area contributed by atoms with Gasteiger partial charge >= 0.3 is 12.1 Å². The molecule has 7 heteroatoms. The van der Waals surface area contributed by atoms with Gasteiger partial charge < -0.3 is 15.2 Å². The van der Waals surface area contributed by atoms with E-state index in [4.69, 9.17) is 4.74 Å². The summed E-state index contributed by atoms with van der Waals surface area (Å²) >= 11 is 0. The second-order valence-corrected chi connectivity index (χ2v) is 7.65. The van der Waals surface area contributed by atoms with E-state index in [0.29, 0.717) is 5.56 Å². The van der Waals surface area contributed by atoms with Gasteiger partial charge in [0.2, 0.25) is 0 Å². The largest absolute Gasteiger partial charge is 0.480 e. The molecule has 3 aromatic rings. The standard InChI is InChI=1S/C25H21F2NO4/c26-21-11-9-15(13-22(21)27)10-12-23(24(29)30)28-25(31)32-14-20-18-7-3-1-5-16(18)17-6-2-4-8-19(17)20/h1-9,11,13,20,23H,10,12,14H2,(H,28,31)(H,29,30). The maximum Gasteiger partial charge on any atom is 0.407 e. The molecule has 1 aliphatic rings. The number of carboxylic acid groups (broad SMARTS) is 1. The van der Waals surface area contributed by atoms with E-state index < -0.39 is 29.7 Å². The highest BCUT2D eigenvalue weighted by atomic mass is 19.2. The fraction of sp³-hybridized carbons (Fsp3) is 0.200. The summed E-state index contributed by atoms with van der Waals surface area (Å²) in [5.74, 6) is -3.35. The molecule has 0 aliphatic heterocycles. The van der Waals surface area contributed by atoms with Gasteiger partial charge in [0.05, 0.1) is 0 Å². The van der Waals surface area contributed by atoms with Crippen molar-refractivity contribution in [1.82, 2.24) is 5.32 Å². The van der Waals surface area contributed by atoms with Gasteiger partial charge in [0, 0.05) is 5.92 Å². The lowest BCUT2D eigenvalue weighted by molar-refractivity contribution is -0.139. The molecule has 1 unspecified atom stereocenters. The van der Waals surface area contributed by atoms with E-state index in [1.807, 2.05) is 48.5 Å². The zero-order chi connectivity index (χ0) is 22.7. The number of benzene rings is 3. The summed E-state index contributed by atoms with van der Waals surface area (Å²) < 4.78 is 31.8. The lowest BCUT2D eigenvalue weighted by Crippen LogP contribution is -2.41. The number of fused-ring (bicyclic) bond motifs is 3. The first kappa shape index (κ1) is 21.5. The molecule has 1 aliphatic carbocycles. The highest BCUT2D eigenvalue weighted by Crippen LogP contribution is 2.44. The van der Waals surface area contributed by atoms with E-state index in [1.165, 1.54) is 6.07 Å². The molecular formula is C25H21F2NO4. The van der Waals surface area contributed by atoms with Crippen LogP contribution in [0.2, 0.25) is 0 Å². The van der Waals surface area contributed by atoms with Gasteiger partial charge in [-0.15, -0.1) is 0 Å². The normalized spacial score (nSPS) is 13.2. The van der Waals surface area contributed by atoms with Crippen molar-refractivity contribution in [3.8, 4) is 11.1 Å². The van der Waals surface area contributed by atoms with Crippen molar-refractivity contribution < 1.29 is 28.2 Å². The van der Waals surface area contributed by atoms with E-state index >= 15 is 0 Å². The van der Waals surface area contributed by atoms with E-state index in [2.05, 4.69) is 5.32 Å². The molecule has 0 heterocycles. The Kier molecular flexibility index (Phi) is 6.16. The number of hydrogen-bond donors (Lipinski definition) is 2. The molecule has 2 N–H and O–H groups in total. The molecule has 1 amide bonds. The molecule has 1 atom stereocenters. The molecule has 0 saturated carbocycles. The lowest BCUT2D eigenvalue weighted by atomic mass is 9.98. The highest BCUT2D eigenvalue weighted by molar-refractivity contribution is 5.81. The van der Waals surface area contributed by atoms with Gasteiger partial charge in [0.1, 0.15) is 12.6 Å². The third kappa shape index (κ3) is 4.46. The lowest BCUT2D eigenvalue weighted by Gasteiger charge is -2.17. The van der Waals surface area contributed by atoms with Gasteiger partial charge in [-0.25, -0.2) is 18.4 Å². The van der Waals surface area contributed by atoms with Gasteiger partial charge in [-0.2, -0.15) is 0 Å². The van der Waals surface area contributed by atoms with Crippen molar-refractivity contribution in [2.24, 2.45) is 0 Å². The molecule has 0 aromatic heterocycles. The van der Waals surface area contributed by atoms with Crippen LogP contribution in [0.25, 0.3) is 11.1 Å². The number of aliphatic carboxylic acids is 1. The second kappa shape index (κ2) is 9.18. The summed E-state index contributed by atoms with van der Waals surface area (Å²) in [7, 11) is 0. The number of carbonyl (C=O) groups is 2. The number of alkyl carbamates (subject to hydrolysis) is 1. The number of carbonyl (C=O) groups excluding carboxylic acids is 1. The minimum absolute atomic E-state index is 0.00456. The number of carboxylic acids is 1. The smallest absolute Gasteiger partial charge is 0.407 e. The summed E-state index contributed by atoms with van der Waals surface area (Å²) in [5, 5.41) is 11.8. The minimum Gasteiger partial charge on any atom is -0.480 e. The number of hydrogen-bond acceptors (Lipinski definition) is 3. The Labute approximate surface area is 183 Å². The molecule has 3 aromatic carbocycles. The fourth-order valence-electron chi connectivity index (χ4n) is 4.05. The Balaban J connectivity index is 1.38. The first-order valence-corrected chi connectivity index (χ1v) is 10.2. The molecule has 32 heavy (non-hydrogen) atoms. The number of nitrogens with one attached hydrogen (secondary N) is 1. The third-order valence-corrected chi connectivity index (χ3v) is 5.64. The van der Waals surface area contributed by atoms with Gasteiger partial charge in [0.25, 0.3) is 0 Å². The average Bonchev–Trinajstić information content (AvgIpc) is 3.11. The van der Waals surface area contributed by atoms with Crippen LogP contribution >= 0.6 is 0 Å². The molecule has 0 bridgehead atoms.